The van der Waals surface area contributed by atoms with Crippen molar-refractivity contribution in [1.82, 2.24) is 9.78 Å². The Morgan fingerprint density at radius 2 is 2.40 bits per heavy atom. The van der Waals surface area contributed by atoms with Crippen LogP contribution in [0.4, 0.5) is 0 Å². The second-order valence-corrected chi connectivity index (χ2v) is 4.73. The Labute approximate surface area is 96.4 Å². The Balaban J connectivity index is 1.98. The topological polar surface area (TPSA) is 55.1 Å². The molecule has 1 aromatic rings. The lowest BCUT2D eigenvalue weighted by Crippen LogP contribution is -2.06. The maximum Gasteiger partial charge on any atom is 0.303 e. The molecule has 0 spiro atoms. The zero-order valence-electron chi connectivity index (χ0n) is 8.32. The summed E-state index contributed by atoms with van der Waals surface area (Å²) in [7, 11) is 0. The van der Waals surface area contributed by atoms with Gasteiger partial charge in [-0.25, -0.2) is 0 Å². The van der Waals surface area contributed by atoms with Crippen LogP contribution in [0.2, 0.25) is 0 Å². The van der Waals surface area contributed by atoms with E-state index >= 15 is 0 Å². The lowest BCUT2D eigenvalue weighted by atomic mass is 10.2. The number of hydrogen-bond acceptors (Lipinski definition) is 2. The lowest BCUT2D eigenvalue weighted by Gasteiger charge is -2.05. The largest absolute Gasteiger partial charge is 0.481 e. The molecule has 0 bridgehead atoms. The molecule has 1 fully saturated rings. The number of rotatable bonds is 5. The van der Waals surface area contributed by atoms with Gasteiger partial charge in [0.25, 0.3) is 0 Å². The van der Waals surface area contributed by atoms with E-state index in [-0.39, 0.29) is 6.42 Å². The number of carbonyl (C=O) groups is 1. The van der Waals surface area contributed by atoms with E-state index in [1.54, 1.807) is 6.20 Å². The molecule has 2 rings (SSSR count). The Morgan fingerprint density at radius 3 is 3.00 bits per heavy atom. The summed E-state index contributed by atoms with van der Waals surface area (Å²) >= 11 is 3.48. The second kappa shape index (κ2) is 4.35. The fraction of sp³-hybridized carbons (Fsp3) is 0.600. The van der Waals surface area contributed by atoms with Crippen molar-refractivity contribution in [1.29, 1.82) is 0 Å². The highest BCUT2D eigenvalue weighted by molar-refractivity contribution is 9.10. The standard InChI is InChI=1S/C10H13BrN2O2/c11-8-6-12-13(5-1-2-9(14)15)10(8)7-3-4-7/h6-7H,1-5H2,(H,14,15). The normalized spacial score (nSPS) is 15.5. The number of nitrogens with zero attached hydrogens (tertiary/aromatic N) is 2. The first-order valence-electron chi connectivity index (χ1n) is 5.11. The first-order valence-corrected chi connectivity index (χ1v) is 5.91. The number of carboxylic acid groups (broad SMARTS) is 1. The molecule has 4 nitrogen and oxygen atoms in total. The van der Waals surface area contributed by atoms with Gasteiger partial charge in [-0.15, -0.1) is 0 Å². The first kappa shape index (κ1) is 10.7. The van der Waals surface area contributed by atoms with E-state index in [1.807, 2.05) is 4.68 Å². The predicted octanol–water partition coefficient (Wildman–Crippen LogP) is 2.39. The first-order chi connectivity index (χ1) is 7.18. The van der Waals surface area contributed by atoms with E-state index in [4.69, 9.17) is 5.11 Å². The maximum atomic E-state index is 10.4. The predicted molar refractivity (Wildman–Crippen MR) is 58.8 cm³/mol. The molecule has 0 radical (unpaired) electrons. The smallest absolute Gasteiger partial charge is 0.303 e. The molecule has 1 heterocycles. The molecule has 0 aromatic carbocycles. The quantitative estimate of drug-likeness (QED) is 0.896. The van der Waals surface area contributed by atoms with Crippen molar-refractivity contribution in [3.8, 4) is 0 Å². The van der Waals surface area contributed by atoms with Gasteiger partial charge in [0.15, 0.2) is 0 Å². The van der Waals surface area contributed by atoms with Gasteiger partial charge in [-0.3, -0.25) is 9.48 Å². The van der Waals surface area contributed by atoms with Gasteiger partial charge in [0.05, 0.1) is 16.4 Å². The van der Waals surface area contributed by atoms with Crippen LogP contribution in [-0.2, 0) is 11.3 Å². The lowest BCUT2D eigenvalue weighted by molar-refractivity contribution is -0.137. The van der Waals surface area contributed by atoms with Crippen molar-refractivity contribution in [2.45, 2.75) is 38.1 Å². The van der Waals surface area contributed by atoms with Crippen LogP contribution in [0, 0.1) is 0 Å². The third-order valence-electron chi connectivity index (χ3n) is 2.56. The van der Waals surface area contributed by atoms with Crippen LogP contribution in [0.3, 0.4) is 0 Å². The highest BCUT2D eigenvalue weighted by Crippen LogP contribution is 2.43. The molecule has 0 amide bonds. The third kappa shape index (κ3) is 2.59. The summed E-state index contributed by atoms with van der Waals surface area (Å²) in [4.78, 5) is 10.4. The van der Waals surface area contributed by atoms with Crippen LogP contribution in [0.25, 0.3) is 0 Å². The molecule has 1 saturated carbocycles. The Hall–Kier alpha value is -0.840. The number of carboxylic acids is 1. The number of aryl methyl sites for hydroxylation is 1. The minimum absolute atomic E-state index is 0.210. The summed E-state index contributed by atoms with van der Waals surface area (Å²) in [6.07, 6.45) is 5.10. The van der Waals surface area contributed by atoms with Crippen LogP contribution in [0.15, 0.2) is 10.7 Å². The van der Waals surface area contributed by atoms with E-state index in [1.165, 1.54) is 18.5 Å². The van der Waals surface area contributed by atoms with Gasteiger partial charge in [-0.2, -0.15) is 5.10 Å². The van der Waals surface area contributed by atoms with E-state index in [2.05, 4.69) is 21.0 Å². The summed E-state index contributed by atoms with van der Waals surface area (Å²) in [5.41, 5.74) is 1.24. The minimum atomic E-state index is -0.741. The minimum Gasteiger partial charge on any atom is -0.481 e. The van der Waals surface area contributed by atoms with Crippen LogP contribution >= 0.6 is 15.9 Å². The zero-order chi connectivity index (χ0) is 10.8. The molecule has 0 atom stereocenters. The molecule has 1 aliphatic carbocycles. The van der Waals surface area contributed by atoms with Crippen molar-refractivity contribution < 1.29 is 9.90 Å². The molecular formula is C10H13BrN2O2. The highest BCUT2D eigenvalue weighted by Gasteiger charge is 2.29. The number of hydrogen-bond donors (Lipinski definition) is 1. The molecule has 0 aliphatic heterocycles. The van der Waals surface area contributed by atoms with Gasteiger partial charge in [0, 0.05) is 18.9 Å². The van der Waals surface area contributed by atoms with Gasteiger partial charge in [0.2, 0.25) is 0 Å². The molecule has 1 aromatic heterocycles. The molecule has 82 valence electrons. The molecule has 0 unspecified atom stereocenters. The summed E-state index contributed by atoms with van der Waals surface area (Å²) < 4.78 is 2.99. The van der Waals surface area contributed by atoms with E-state index in [9.17, 15) is 4.79 Å². The van der Waals surface area contributed by atoms with Crippen molar-refractivity contribution in [3.63, 3.8) is 0 Å². The Kier molecular flexibility index (Phi) is 3.09. The molecule has 1 aliphatic rings. The number of aromatic nitrogens is 2. The van der Waals surface area contributed by atoms with Gasteiger partial charge in [-0.1, -0.05) is 0 Å². The molecule has 15 heavy (non-hydrogen) atoms. The van der Waals surface area contributed by atoms with Crippen molar-refractivity contribution in [3.05, 3.63) is 16.4 Å². The average molecular weight is 273 g/mol. The van der Waals surface area contributed by atoms with Crippen molar-refractivity contribution >= 4 is 21.9 Å². The maximum absolute atomic E-state index is 10.4. The molecule has 0 saturated heterocycles. The van der Waals surface area contributed by atoms with Gasteiger partial charge in [-0.05, 0) is 35.2 Å². The van der Waals surface area contributed by atoms with Crippen LogP contribution in [-0.4, -0.2) is 20.9 Å². The highest BCUT2D eigenvalue weighted by atomic mass is 79.9. The monoisotopic (exact) mass is 272 g/mol. The van der Waals surface area contributed by atoms with Crippen molar-refractivity contribution in [2.24, 2.45) is 0 Å². The molecule has 5 heteroatoms. The third-order valence-corrected chi connectivity index (χ3v) is 3.17. The Morgan fingerprint density at radius 1 is 1.67 bits per heavy atom. The Bertz CT molecular complexity index is 371. The summed E-state index contributed by atoms with van der Waals surface area (Å²) in [5, 5.41) is 12.8. The number of halogens is 1. The van der Waals surface area contributed by atoms with Crippen LogP contribution in [0.1, 0.15) is 37.3 Å². The second-order valence-electron chi connectivity index (χ2n) is 3.87. The van der Waals surface area contributed by atoms with Gasteiger partial charge >= 0.3 is 5.97 Å². The fourth-order valence-electron chi connectivity index (χ4n) is 1.69. The SMILES string of the molecule is O=C(O)CCCn1ncc(Br)c1C1CC1. The fourth-order valence-corrected chi connectivity index (χ4v) is 2.31. The van der Waals surface area contributed by atoms with Crippen LogP contribution in [0.5, 0.6) is 0 Å². The van der Waals surface area contributed by atoms with E-state index < -0.39 is 5.97 Å². The van der Waals surface area contributed by atoms with Crippen LogP contribution < -0.4 is 0 Å². The molecular weight excluding hydrogens is 260 g/mol. The average Bonchev–Trinajstić information content (AvgIpc) is 2.92. The summed E-state index contributed by atoms with van der Waals surface area (Å²) in [6, 6.07) is 0. The van der Waals surface area contributed by atoms with E-state index in [0.29, 0.717) is 18.9 Å². The van der Waals surface area contributed by atoms with E-state index in [0.717, 1.165) is 4.47 Å². The zero-order valence-corrected chi connectivity index (χ0v) is 9.90. The van der Waals surface area contributed by atoms with Gasteiger partial charge in [0.1, 0.15) is 0 Å². The summed E-state index contributed by atoms with van der Waals surface area (Å²) in [6.45, 7) is 0.698. The van der Waals surface area contributed by atoms with Crippen molar-refractivity contribution in [2.75, 3.05) is 0 Å². The number of aliphatic carboxylic acids is 1. The molecule has 1 N–H and O–H groups in total. The van der Waals surface area contributed by atoms with Gasteiger partial charge < -0.3 is 5.11 Å². The summed E-state index contributed by atoms with van der Waals surface area (Å²) in [5.74, 6) is -0.110.